The molecule has 1 fully saturated rings. The summed E-state index contributed by atoms with van der Waals surface area (Å²) in [6.45, 7) is 17.9. The lowest BCUT2D eigenvalue weighted by atomic mass is 9.91. The second kappa shape index (κ2) is 10.8. The molecule has 3 heterocycles. The standard InChI is InChI=1S/C31H27ClFN5O/c1-5-26(39)37-14-16-38(17-15-37)31-23-18-24(32)28(22-12-8-9-13-25(22)33)35-29(23)27(30(34-4)36-31)21-11-7-6-10-20(21)19(2)3/h5-13,18-19H,1,14-17H2,2-3H3. The Morgan fingerprint density at radius 2 is 1.74 bits per heavy atom. The van der Waals surface area contributed by atoms with Gasteiger partial charge < -0.3 is 14.6 Å². The number of carbonyl (C=O) groups is 1. The van der Waals surface area contributed by atoms with E-state index in [0.717, 1.165) is 11.1 Å². The summed E-state index contributed by atoms with van der Waals surface area (Å²) in [6, 6.07) is 16.1. The van der Waals surface area contributed by atoms with Crippen LogP contribution in [0.1, 0.15) is 25.3 Å². The first-order valence-electron chi connectivity index (χ1n) is 12.8. The minimum Gasteiger partial charge on any atom is -0.360 e. The van der Waals surface area contributed by atoms with Crippen LogP contribution in [-0.4, -0.2) is 47.0 Å². The van der Waals surface area contributed by atoms with Crippen molar-refractivity contribution in [3.8, 4) is 22.4 Å². The molecule has 1 aliphatic rings. The van der Waals surface area contributed by atoms with E-state index in [4.69, 9.17) is 28.1 Å². The number of nitrogens with zero attached hydrogens (tertiary/aromatic N) is 5. The highest BCUT2D eigenvalue weighted by Gasteiger charge is 2.29. The van der Waals surface area contributed by atoms with Gasteiger partial charge in [-0.15, -0.1) is 4.98 Å². The summed E-state index contributed by atoms with van der Waals surface area (Å²) in [5, 5.41) is 0.958. The highest BCUT2D eigenvalue weighted by Crippen LogP contribution is 2.44. The Bertz CT molecular complexity index is 1640. The number of aromatic nitrogens is 2. The quantitative estimate of drug-likeness (QED) is 0.198. The summed E-state index contributed by atoms with van der Waals surface area (Å²) in [6.07, 6.45) is 1.31. The van der Waals surface area contributed by atoms with E-state index in [0.29, 0.717) is 54.2 Å². The van der Waals surface area contributed by atoms with Crippen molar-refractivity contribution in [2.75, 3.05) is 31.1 Å². The number of carbonyl (C=O) groups excluding carboxylic acids is 1. The molecule has 0 saturated carbocycles. The monoisotopic (exact) mass is 539 g/mol. The molecule has 4 aromatic rings. The minimum atomic E-state index is -0.432. The second-order valence-electron chi connectivity index (χ2n) is 9.70. The van der Waals surface area contributed by atoms with E-state index in [-0.39, 0.29) is 28.2 Å². The zero-order chi connectivity index (χ0) is 27.7. The number of hydrogen-bond acceptors (Lipinski definition) is 4. The minimum absolute atomic E-state index is 0.116. The van der Waals surface area contributed by atoms with Crippen molar-refractivity contribution in [1.82, 2.24) is 14.9 Å². The molecule has 0 bridgehead atoms. The Labute approximate surface area is 232 Å². The van der Waals surface area contributed by atoms with Crippen LogP contribution in [-0.2, 0) is 4.79 Å². The second-order valence-corrected chi connectivity index (χ2v) is 10.1. The number of amides is 1. The molecule has 0 atom stereocenters. The highest BCUT2D eigenvalue weighted by molar-refractivity contribution is 6.34. The van der Waals surface area contributed by atoms with Crippen molar-refractivity contribution in [2.24, 2.45) is 0 Å². The molecule has 0 spiro atoms. The lowest BCUT2D eigenvalue weighted by molar-refractivity contribution is -0.126. The molecular weight excluding hydrogens is 513 g/mol. The van der Waals surface area contributed by atoms with Gasteiger partial charge in [0.1, 0.15) is 5.82 Å². The summed E-state index contributed by atoms with van der Waals surface area (Å²) < 4.78 is 14.9. The largest absolute Gasteiger partial charge is 0.360 e. The molecule has 1 saturated heterocycles. The molecule has 0 aliphatic carbocycles. The zero-order valence-corrected chi connectivity index (χ0v) is 22.5. The molecule has 1 aliphatic heterocycles. The summed E-state index contributed by atoms with van der Waals surface area (Å²) in [5.74, 6) is 0.419. The summed E-state index contributed by atoms with van der Waals surface area (Å²) in [4.78, 5) is 29.5. The molecule has 8 heteroatoms. The number of halogens is 2. The fraction of sp³-hybridized carbons (Fsp3) is 0.226. The van der Waals surface area contributed by atoms with Gasteiger partial charge >= 0.3 is 0 Å². The third-order valence-electron chi connectivity index (χ3n) is 7.04. The smallest absolute Gasteiger partial charge is 0.281 e. The van der Waals surface area contributed by atoms with Gasteiger partial charge in [0.15, 0.2) is 0 Å². The molecule has 0 radical (unpaired) electrons. The first kappa shape index (κ1) is 26.3. The average molecular weight is 540 g/mol. The van der Waals surface area contributed by atoms with E-state index >= 15 is 0 Å². The third kappa shape index (κ3) is 4.84. The van der Waals surface area contributed by atoms with Crippen LogP contribution in [0, 0.1) is 12.4 Å². The number of anilines is 1. The van der Waals surface area contributed by atoms with E-state index in [9.17, 15) is 9.18 Å². The van der Waals surface area contributed by atoms with E-state index < -0.39 is 5.82 Å². The van der Waals surface area contributed by atoms with Gasteiger partial charge in [0.05, 0.1) is 21.6 Å². The molecule has 2 aromatic carbocycles. The van der Waals surface area contributed by atoms with Crippen LogP contribution in [0.15, 0.2) is 67.3 Å². The third-order valence-corrected chi connectivity index (χ3v) is 7.33. The maximum absolute atomic E-state index is 14.9. The van der Waals surface area contributed by atoms with E-state index in [2.05, 4.69) is 25.3 Å². The molecule has 1 amide bonds. The van der Waals surface area contributed by atoms with Gasteiger partial charge in [0.2, 0.25) is 11.7 Å². The molecule has 6 nitrogen and oxygen atoms in total. The van der Waals surface area contributed by atoms with E-state index in [1.165, 1.54) is 12.1 Å². The lowest BCUT2D eigenvalue weighted by Crippen LogP contribution is -2.48. The number of benzene rings is 2. The van der Waals surface area contributed by atoms with Crippen molar-refractivity contribution in [3.63, 3.8) is 0 Å². The van der Waals surface area contributed by atoms with Crippen molar-refractivity contribution in [3.05, 3.63) is 95.1 Å². The van der Waals surface area contributed by atoms with Crippen molar-refractivity contribution in [2.45, 2.75) is 19.8 Å². The molecular formula is C31H27ClFN5O. The Morgan fingerprint density at radius 3 is 2.38 bits per heavy atom. The normalized spacial score (nSPS) is 13.5. The van der Waals surface area contributed by atoms with Crippen LogP contribution in [0.4, 0.5) is 16.0 Å². The fourth-order valence-corrected chi connectivity index (χ4v) is 5.33. The maximum Gasteiger partial charge on any atom is 0.281 e. The molecule has 0 unspecified atom stereocenters. The number of pyridine rings is 2. The van der Waals surface area contributed by atoms with Crippen LogP contribution in [0.2, 0.25) is 5.02 Å². The van der Waals surface area contributed by atoms with Crippen LogP contribution >= 0.6 is 11.6 Å². The summed E-state index contributed by atoms with van der Waals surface area (Å²) in [7, 11) is 0. The Hall–Kier alpha value is -4.28. The van der Waals surface area contributed by atoms with Gasteiger partial charge in [-0.2, -0.15) is 0 Å². The Kier molecular flexibility index (Phi) is 7.32. The van der Waals surface area contributed by atoms with Gasteiger partial charge in [-0.1, -0.05) is 75.0 Å². The first-order chi connectivity index (χ1) is 18.8. The van der Waals surface area contributed by atoms with Gasteiger partial charge in [0, 0.05) is 37.3 Å². The van der Waals surface area contributed by atoms with E-state index in [1.54, 1.807) is 29.2 Å². The zero-order valence-electron chi connectivity index (χ0n) is 21.8. The number of fused-ring (bicyclic) bond motifs is 1. The Balaban J connectivity index is 1.79. The SMILES string of the molecule is [C-]#[N+]c1nc(N2CCN(C(=O)C=C)CC2)c2cc(Cl)c(-c3ccccc3F)nc2c1-c1ccccc1C(C)C. The van der Waals surface area contributed by atoms with Gasteiger partial charge in [-0.05, 0) is 41.3 Å². The lowest BCUT2D eigenvalue weighted by Gasteiger charge is -2.34. The van der Waals surface area contributed by atoms with Crippen LogP contribution in [0.25, 0.3) is 38.1 Å². The van der Waals surface area contributed by atoms with Crippen LogP contribution in [0.5, 0.6) is 0 Å². The highest BCUT2D eigenvalue weighted by atomic mass is 35.5. The van der Waals surface area contributed by atoms with Gasteiger partial charge in [-0.25, -0.2) is 9.37 Å². The van der Waals surface area contributed by atoms with Crippen LogP contribution < -0.4 is 4.90 Å². The maximum atomic E-state index is 14.9. The summed E-state index contributed by atoms with van der Waals surface area (Å²) in [5.41, 5.74) is 3.64. The summed E-state index contributed by atoms with van der Waals surface area (Å²) >= 11 is 6.76. The molecule has 39 heavy (non-hydrogen) atoms. The number of rotatable bonds is 5. The fourth-order valence-electron chi connectivity index (χ4n) is 5.08. The number of piperazine rings is 1. The van der Waals surface area contributed by atoms with Crippen molar-refractivity contribution in [1.29, 1.82) is 0 Å². The van der Waals surface area contributed by atoms with Crippen molar-refractivity contribution < 1.29 is 9.18 Å². The van der Waals surface area contributed by atoms with Gasteiger partial charge in [0.25, 0.3) is 5.82 Å². The average Bonchev–Trinajstić information content (AvgIpc) is 2.96. The number of hydrogen-bond donors (Lipinski definition) is 0. The van der Waals surface area contributed by atoms with E-state index in [1.807, 2.05) is 29.2 Å². The van der Waals surface area contributed by atoms with Crippen molar-refractivity contribution >= 4 is 40.0 Å². The first-order valence-corrected chi connectivity index (χ1v) is 13.1. The van der Waals surface area contributed by atoms with Crippen LogP contribution in [0.3, 0.4) is 0 Å². The van der Waals surface area contributed by atoms with Gasteiger partial charge in [-0.3, -0.25) is 4.79 Å². The molecule has 0 N–H and O–H groups in total. The molecule has 196 valence electrons. The topological polar surface area (TPSA) is 53.7 Å². The predicted molar refractivity (Wildman–Crippen MR) is 155 cm³/mol. The molecule has 2 aromatic heterocycles. The predicted octanol–water partition coefficient (Wildman–Crippen LogP) is 7.27. The Morgan fingerprint density at radius 1 is 1.08 bits per heavy atom. The molecule has 5 rings (SSSR count).